The zero-order chi connectivity index (χ0) is 15.2. The number of esters is 1. The SMILES string of the molecule is COC(=O)c1ccc(CSc2cccc(C(C)O)c2)nc1. The van der Waals surface area contributed by atoms with Gasteiger partial charge in [0, 0.05) is 16.8 Å². The van der Waals surface area contributed by atoms with E-state index in [1.54, 1.807) is 24.8 Å². The molecule has 2 aromatic rings. The molecule has 0 saturated heterocycles. The molecule has 0 radical (unpaired) electrons. The van der Waals surface area contributed by atoms with Gasteiger partial charge in [0.1, 0.15) is 0 Å². The van der Waals surface area contributed by atoms with Crippen molar-refractivity contribution in [2.45, 2.75) is 23.7 Å². The number of methoxy groups -OCH3 is 1. The minimum atomic E-state index is -0.469. The third kappa shape index (κ3) is 4.31. The summed E-state index contributed by atoms with van der Waals surface area (Å²) >= 11 is 1.64. The Morgan fingerprint density at radius 1 is 1.38 bits per heavy atom. The number of aliphatic hydroxyl groups excluding tert-OH is 1. The van der Waals surface area contributed by atoms with Crippen LogP contribution >= 0.6 is 11.8 Å². The van der Waals surface area contributed by atoms with Crippen LogP contribution in [-0.2, 0) is 10.5 Å². The van der Waals surface area contributed by atoms with E-state index >= 15 is 0 Å². The molecule has 0 aliphatic rings. The second-order valence-electron chi connectivity index (χ2n) is 4.57. The van der Waals surface area contributed by atoms with Gasteiger partial charge in [-0.2, -0.15) is 0 Å². The normalized spacial score (nSPS) is 12.0. The van der Waals surface area contributed by atoms with Crippen molar-refractivity contribution < 1.29 is 14.6 Å². The Bertz CT molecular complexity index is 611. The van der Waals surface area contributed by atoms with Gasteiger partial charge in [-0.05, 0) is 36.8 Å². The lowest BCUT2D eigenvalue weighted by Gasteiger charge is -2.07. The van der Waals surface area contributed by atoms with Crippen LogP contribution in [0.2, 0.25) is 0 Å². The van der Waals surface area contributed by atoms with E-state index in [9.17, 15) is 9.90 Å². The van der Waals surface area contributed by atoms with Crippen molar-refractivity contribution in [1.82, 2.24) is 4.98 Å². The molecular formula is C16H17NO3S. The van der Waals surface area contributed by atoms with Crippen LogP contribution in [0.4, 0.5) is 0 Å². The fourth-order valence-corrected chi connectivity index (χ4v) is 2.65. The lowest BCUT2D eigenvalue weighted by atomic mass is 10.1. The van der Waals surface area contributed by atoms with Crippen molar-refractivity contribution >= 4 is 17.7 Å². The second kappa shape index (κ2) is 7.24. The molecule has 110 valence electrons. The average Bonchev–Trinajstić information content (AvgIpc) is 2.53. The van der Waals surface area contributed by atoms with E-state index in [2.05, 4.69) is 9.72 Å². The molecule has 1 unspecified atom stereocenters. The van der Waals surface area contributed by atoms with Gasteiger partial charge in [0.2, 0.25) is 0 Å². The van der Waals surface area contributed by atoms with E-state index < -0.39 is 6.10 Å². The third-order valence-electron chi connectivity index (χ3n) is 2.97. The number of carbonyl (C=O) groups excluding carboxylic acids is 1. The van der Waals surface area contributed by atoms with E-state index in [0.29, 0.717) is 11.3 Å². The van der Waals surface area contributed by atoms with Crippen LogP contribution in [0.25, 0.3) is 0 Å². The molecule has 0 spiro atoms. The van der Waals surface area contributed by atoms with Crippen LogP contribution in [-0.4, -0.2) is 23.2 Å². The number of thioether (sulfide) groups is 1. The van der Waals surface area contributed by atoms with Gasteiger partial charge in [-0.15, -0.1) is 11.8 Å². The van der Waals surface area contributed by atoms with Gasteiger partial charge < -0.3 is 9.84 Å². The maximum Gasteiger partial charge on any atom is 0.339 e. The Kier molecular flexibility index (Phi) is 5.36. The highest BCUT2D eigenvalue weighted by Gasteiger charge is 2.06. The fourth-order valence-electron chi connectivity index (χ4n) is 1.77. The summed E-state index contributed by atoms with van der Waals surface area (Å²) in [6.07, 6.45) is 1.05. The number of aliphatic hydroxyl groups is 1. The molecule has 1 aromatic heterocycles. The van der Waals surface area contributed by atoms with Gasteiger partial charge in [-0.25, -0.2) is 4.79 Å². The number of benzene rings is 1. The van der Waals surface area contributed by atoms with Gasteiger partial charge in [0.05, 0.1) is 24.5 Å². The monoisotopic (exact) mass is 303 g/mol. The topological polar surface area (TPSA) is 59.4 Å². The van der Waals surface area contributed by atoms with Gasteiger partial charge >= 0.3 is 5.97 Å². The van der Waals surface area contributed by atoms with E-state index in [4.69, 9.17) is 0 Å². The smallest absolute Gasteiger partial charge is 0.339 e. The zero-order valence-electron chi connectivity index (χ0n) is 11.9. The summed E-state index contributed by atoms with van der Waals surface area (Å²) in [6, 6.07) is 11.3. The molecule has 1 aromatic carbocycles. The molecule has 1 heterocycles. The Morgan fingerprint density at radius 2 is 2.19 bits per heavy atom. The van der Waals surface area contributed by atoms with Crippen molar-refractivity contribution in [2.24, 2.45) is 0 Å². The van der Waals surface area contributed by atoms with Crippen molar-refractivity contribution in [3.05, 3.63) is 59.4 Å². The number of pyridine rings is 1. The van der Waals surface area contributed by atoms with Gasteiger partial charge in [0.25, 0.3) is 0 Å². The van der Waals surface area contributed by atoms with E-state index in [1.165, 1.54) is 13.3 Å². The lowest BCUT2D eigenvalue weighted by molar-refractivity contribution is 0.0600. The summed E-state index contributed by atoms with van der Waals surface area (Å²) in [7, 11) is 1.35. The van der Waals surface area contributed by atoms with Crippen LogP contribution in [0.3, 0.4) is 0 Å². The van der Waals surface area contributed by atoms with Crippen molar-refractivity contribution in [2.75, 3.05) is 7.11 Å². The molecule has 0 aliphatic carbocycles. The van der Waals surface area contributed by atoms with Crippen LogP contribution in [0.5, 0.6) is 0 Å². The molecule has 0 bridgehead atoms. The summed E-state index contributed by atoms with van der Waals surface area (Å²) in [5.74, 6) is 0.316. The molecule has 5 heteroatoms. The quantitative estimate of drug-likeness (QED) is 0.679. The van der Waals surface area contributed by atoms with Crippen LogP contribution < -0.4 is 0 Å². The first-order valence-electron chi connectivity index (χ1n) is 6.54. The molecule has 1 N–H and O–H groups in total. The minimum Gasteiger partial charge on any atom is -0.465 e. The van der Waals surface area contributed by atoms with Crippen LogP contribution in [0.15, 0.2) is 47.5 Å². The largest absolute Gasteiger partial charge is 0.465 e. The summed E-state index contributed by atoms with van der Waals surface area (Å²) in [6.45, 7) is 1.75. The zero-order valence-corrected chi connectivity index (χ0v) is 12.8. The van der Waals surface area contributed by atoms with Gasteiger partial charge in [-0.1, -0.05) is 12.1 Å². The lowest BCUT2D eigenvalue weighted by Crippen LogP contribution is -2.02. The Labute approximate surface area is 128 Å². The second-order valence-corrected chi connectivity index (χ2v) is 5.62. The van der Waals surface area contributed by atoms with Crippen LogP contribution in [0.1, 0.15) is 34.6 Å². The van der Waals surface area contributed by atoms with E-state index in [1.807, 2.05) is 30.3 Å². The minimum absolute atomic E-state index is 0.383. The summed E-state index contributed by atoms with van der Waals surface area (Å²) in [4.78, 5) is 16.6. The molecule has 0 saturated carbocycles. The van der Waals surface area contributed by atoms with Gasteiger partial charge in [-0.3, -0.25) is 4.98 Å². The molecule has 1 atom stereocenters. The number of hydrogen-bond donors (Lipinski definition) is 1. The number of nitrogens with zero attached hydrogens (tertiary/aromatic N) is 1. The first-order chi connectivity index (χ1) is 10.1. The standard InChI is InChI=1S/C16H17NO3S/c1-11(18)12-4-3-5-15(8-12)21-10-14-7-6-13(9-17-14)16(19)20-2/h3-9,11,18H,10H2,1-2H3. The molecule has 0 amide bonds. The highest BCUT2D eigenvalue weighted by Crippen LogP contribution is 2.25. The van der Waals surface area contributed by atoms with Crippen molar-refractivity contribution in [3.63, 3.8) is 0 Å². The maximum atomic E-state index is 11.3. The molecule has 0 fully saturated rings. The maximum absolute atomic E-state index is 11.3. The number of rotatable bonds is 5. The first-order valence-corrected chi connectivity index (χ1v) is 7.53. The summed E-state index contributed by atoms with van der Waals surface area (Å²) in [5, 5.41) is 9.57. The first kappa shape index (κ1) is 15.5. The van der Waals surface area contributed by atoms with Crippen LogP contribution in [0, 0.1) is 0 Å². The highest BCUT2D eigenvalue weighted by atomic mass is 32.2. The molecule has 2 rings (SSSR count). The molecule has 4 nitrogen and oxygen atoms in total. The van der Waals surface area contributed by atoms with E-state index in [0.717, 1.165) is 16.2 Å². The average molecular weight is 303 g/mol. The van der Waals surface area contributed by atoms with Crippen molar-refractivity contribution in [1.29, 1.82) is 0 Å². The third-order valence-corrected chi connectivity index (χ3v) is 4.00. The molecular weight excluding hydrogens is 286 g/mol. The highest BCUT2D eigenvalue weighted by molar-refractivity contribution is 7.98. The van der Waals surface area contributed by atoms with E-state index in [-0.39, 0.29) is 5.97 Å². The number of hydrogen-bond acceptors (Lipinski definition) is 5. The number of carbonyl (C=O) groups is 1. The predicted molar refractivity (Wildman–Crippen MR) is 82.2 cm³/mol. The summed E-state index contributed by atoms with van der Waals surface area (Å²) < 4.78 is 4.63. The molecule has 0 aliphatic heterocycles. The molecule has 21 heavy (non-hydrogen) atoms. The Morgan fingerprint density at radius 3 is 2.81 bits per heavy atom. The Balaban J connectivity index is 2.00. The number of ether oxygens (including phenoxy) is 1. The Hall–Kier alpha value is -1.85. The predicted octanol–water partition coefficient (Wildman–Crippen LogP) is 3.21. The fraction of sp³-hybridized carbons (Fsp3) is 0.250. The summed E-state index contributed by atoms with van der Waals surface area (Å²) in [5.41, 5.74) is 2.23. The van der Waals surface area contributed by atoms with Crippen molar-refractivity contribution in [3.8, 4) is 0 Å². The van der Waals surface area contributed by atoms with Gasteiger partial charge in [0.15, 0.2) is 0 Å². The number of aromatic nitrogens is 1.